The fraction of sp³-hybridized carbons (Fsp3) is 0.625. The van der Waals surface area contributed by atoms with E-state index in [9.17, 15) is 0 Å². The molecule has 2 nitrogen and oxygen atoms in total. The van der Waals surface area contributed by atoms with Crippen molar-refractivity contribution in [3.05, 3.63) is 28.8 Å². The van der Waals surface area contributed by atoms with E-state index in [1.54, 1.807) is 0 Å². The topological polar surface area (TPSA) is 29.3 Å². The third kappa shape index (κ3) is 3.87. The second-order valence-electron chi connectivity index (χ2n) is 6.64. The largest absolute Gasteiger partial charge is 0.371 e. The molecule has 1 aromatic carbocycles. The van der Waals surface area contributed by atoms with Crippen molar-refractivity contribution in [2.75, 3.05) is 18.0 Å². The van der Waals surface area contributed by atoms with Crippen molar-refractivity contribution in [3.63, 3.8) is 0 Å². The number of nitrogens with zero attached hydrogens (tertiary/aromatic N) is 1. The Kier molecular flexibility index (Phi) is 4.42. The quantitative estimate of drug-likeness (QED) is 0.911. The van der Waals surface area contributed by atoms with Gasteiger partial charge in [-0.3, -0.25) is 0 Å². The van der Waals surface area contributed by atoms with E-state index < -0.39 is 0 Å². The van der Waals surface area contributed by atoms with Gasteiger partial charge in [-0.2, -0.15) is 0 Å². The van der Waals surface area contributed by atoms with Crippen LogP contribution in [0.3, 0.4) is 0 Å². The smallest absolute Gasteiger partial charge is 0.0426 e. The summed E-state index contributed by atoms with van der Waals surface area (Å²) in [7, 11) is 0. The number of anilines is 1. The first-order chi connectivity index (χ1) is 8.87. The standard InChI is InChI=1S/C16H25ClN2/c1-12(18)9-13-5-6-14(17)10-15(13)19-8-4-7-16(2,3)11-19/h5-6,10,12H,4,7-9,11,18H2,1-3H3. The van der Waals surface area contributed by atoms with Crippen LogP contribution in [0.25, 0.3) is 0 Å². The zero-order chi connectivity index (χ0) is 14.0. The van der Waals surface area contributed by atoms with Gasteiger partial charge in [0.15, 0.2) is 0 Å². The minimum Gasteiger partial charge on any atom is -0.371 e. The maximum atomic E-state index is 6.19. The Morgan fingerprint density at radius 1 is 1.42 bits per heavy atom. The third-order valence-corrected chi connectivity index (χ3v) is 4.07. The Morgan fingerprint density at radius 2 is 2.16 bits per heavy atom. The molecule has 2 rings (SSSR count). The average Bonchev–Trinajstić information content (AvgIpc) is 2.29. The van der Waals surface area contributed by atoms with E-state index in [0.29, 0.717) is 5.41 Å². The zero-order valence-electron chi connectivity index (χ0n) is 12.2. The molecule has 0 bridgehead atoms. The molecule has 1 aromatic rings. The molecular formula is C16H25ClN2. The van der Waals surface area contributed by atoms with Crippen LogP contribution >= 0.6 is 11.6 Å². The van der Waals surface area contributed by atoms with Crippen LogP contribution in [0.15, 0.2) is 18.2 Å². The molecule has 19 heavy (non-hydrogen) atoms. The van der Waals surface area contributed by atoms with Crippen LogP contribution in [0.4, 0.5) is 5.69 Å². The summed E-state index contributed by atoms with van der Waals surface area (Å²) in [6.45, 7) is 8.96. The maximum absolute atomic E-state index is 6.19. The summed E-state index contributed by atoms with van der Waals surface area (Å²) in [6, 6.07) is 6.37. The van der Waals surface area contributed by atoms with Crippen molar-refractivity contribution in [2.24, 2.45) is 11.1 Å². The summed E-state index contributed by atoms with van der Waals surface area (Å²) < 4.78 is 0. The summed E-state index contributed by atoms with van der Waals surface area (Å²) >= 11 is 6.19. The second kappa shape index (κ2) is 5.72. The molecule has 3 heteroatoms. The summed E-state index contributed by atoms with van der Waals surface area (Å²) in [6.07, 6.45) is 3.45. The predicted molar refractivity (Wildman–Crippen MR) is 84.0 cm³/mol. The first-order valence-corrected chi connectivity index (χ1v) is 7.54. The highest BCUT2D eigenvalue weighted by atomic mass is 35.5. The van der Waals surface area contributed by atoms with Crippen LogP contribution in [-0.2, 0) is 6.42 Å². The lowest BCUT2D eigenvalue weighted by Crippen LogP contribution is -2.40. The summed E-state index contributed by atoms with van der Waals surface area (Å²) in [4.78, 5) is 2.48. The molecule has 0 saturated carbocycles. The maximum Gasteiger partial charge on any atom is 0.0426 e. The molecule has 1 saturated heterocycles. The molecule has 0 spiro atoms. The Balaban J connectivity index is 2.29. The average molecular weight is 281 g/mol. The molecule has 1 atom stereocenters. The molecule has 0 aromatic heterocycles. The van der Waals surface area contributed by atoms with Gasteiger partial charge in [-0.1, -0.05) is 31.5 Å². The van der Waals surface area contributed by atoms with Crippen molar-refractivity contribution >= 4 is 17.3 Å². The van der Waals surface area contributed by atoms with E-state index in [-0.39, 0.29) is 6.04 Å². The molecular weight excluding hydrogens is 256 g/mol. The lowest BCUT2D eigenvalue weighted by Gasteiger charge is -2.40. The molecule has 1 unspecified atom stereocenters. The van der Waals surface area contributed by atoms with Crippen molar-refractivity contribution < 1.29 is 0 Å². The van der Waals surface area contributed by atoms with Gasteiger partial charge in [0.05, 0.1) is 0 Å². The van der Waals surface area contributed by atoms with Crippen LogP contribution < -0.4 is 10.6 Å². The van der Waals surface area contributed by atoms with Gasteiger partial charge >= 0.3 is 0 Å². The number of rotatable bonds is 3. The Hall–Kier alpha value is -0.730. The minimum atomic E-state index is 0.178. The molecule has 1 fully saturated rings. The molecule has 1 heterocycles. The predicted octanol–water partition coefficient (Wildman–Crippen LogP) is 3.86. The molecule has 2 N–H and O–H groups in total. The van der Waals surface area contributed by atoms with Crippen molar-refractivity contribution in [2.45, 2.75) is 46.1 Å². The van der Waals surface area contributed by atoms with Gasteiger partial charge in [0.2, 0.25) is 0 Å². The summed E-state index contributed by atoms with van der Waals surface area (Å²) in [5.74, 6) is 0. The second-order valence-corrected chi connectivity index (χ2v) is 7.08. The highest BCUT2D eigenvalue weighted by Gasteiger charge is 2.27. The van der Waals surface area contributed by atoms with Crippen LogP contribution in [0.5, 0.6) is 0 Å². The van der Waals surface area contributed by atoms with E-state index in [1.807, 2.05) is 6.07 Å². The van der Waals surface area contributed by atoms with Crippen molar-refractivity contribution in [1.82, 2.24) is 0 Å². The number of hydrogen-bond donors (Lipinski definition) is 1. The van der Waals surface area contributed by atoms with E-state index in [2.05, 4.69) is 37.8 Å². The van der Waals surface area contributed by atoms with Gasteiger partial charge in [0.1, 0.15) is 0 Å². The molecule has 1 aliphatic heterocycles. The van der Waals surface area contributed by atoms with Crippen LogP contribution in [0, 0.1) is 5.41 Å². The Morgan fingerprint density at radius 3 is 2.79 bits per heavy atom. The first-order valence-electron chi connectivity index (χ1n) is 7.16. The SMILES string of the molecule is CC(N)Cc1ccc(Cl)cc1N1CCCC(C)(C)C1. The van der Waals surface area contributed by atoms with E-state index in [4.69, 9.17) is 17.3 Å². The number of benzene rings is 1. The van der Waals surface area contributed by atoms with Crippen LogP contribution in [0.2, 0.25) is 5.02 Å². The molecule has 1 aliphatic rings. The van der Waals surface area contributed by atoms with Crippen molar-refractivity contribution in [3.8, 4) is 0 Å². The van der Waals surface area contributed by atoms with Gasteiger partial charge in [0, 0.05) is 29.8 Å². The first kappa shape index (κ1) is 14.7. The highest BCUT2D eigenvalue weighted by Crippen LogP contribution is 2.34. The fourth-order valence-corrected chi connectivity index (χ4v) is 3.15. The molecule has 0 aliphatic carbocycles. The van der Waals surface area contributed by atoms with Gasteiger partial charge in [-0.25, -0.2) is 0 Å². The summed E-state index contributed by atoms with van der Waals surface area (Å²) in [5, 5.41) is 0.812. The van der Waals surface area contributed by atoms with Gasteiger partial charge in [-0.05, 0) is 49.3 Å². The number of piperidine rings is 1. The third-order valence-electron chi connectivity index (χ3n) is 3.83. The lowest BCUT2D eigenvalue weighted by molar-refractivity contribution is 0.293. The Labute approximate surface area is 121 Å². The Bertz CT molecular complexity index is 440. The number of halogens is 1. The minimum absolute atomic E-state index is 0.178. The zero-order valence-corrected chi connectivity index (χ0v) is 13.0. The van der Waals surface area contributed by atoms with Gasteiger partial charge in [0.25, 0.3) is 0 Å². The van der Waals surface area contributed by atoms with Gasteiger partial charge < -0.3 is 10.6 Å². The normalized spacial score (nSPS) is 20.4. The molecule has 0 radical (unpaired) electrons. The van der Waals surface area contributed by atoms with E-state index in [1.165, 1.54) is 24.1 Å². The number of hydrogen-bond acceptors (Lipinski definition) is 2. The van der Waals surface area contributed by atoms with E-state index >= 15 is 0 Å². The van der Waals surface area contributed by atoms with Gasteiger partial charge in [-0.15, -0.1) is 0 Å². The monoisotopic (exact) mass is 280 g/mol. The number of nitrogens with two attached hydrogens (primary N) is 1. The summed E-state index contributed by atoms with van der Waals surface area (Å²) in [5.41, 5.74) is 8.94. The molecule has 0 amide bonds. The molecule has 106 valence electrons. The van der Waals surface area contributed by atoms with E-state index in [0.717, 1.165) is 24.5 Å². The van der Waals surface area contributed by atoms with Crippen LogP contribution in [0.1, 0.15) is 39.2 Å². The van der Waals surface area contributed by atoms with Crippen LogP contribution in [-0.4, -0.2) is 19.1 Å². The highest BCUT2D eigenvalue weighted by molar-refractivity contribution is 6.30. The van der Waals surface area contributed by atoms with Crippen molar-refractivity contribution in [1.29, 1.82) is 0 Å². The fourth-order valence-electron chi connectivity index (χ4n) is 2.98. The lowest BCUT2D eigenvalue weighted by atomic mass is 9.83.